The van der Waals surface area contributed by atoms with Crippen molar-refractivity contribution >= 4 is 6.09 Å². The number of aromatic amines is 1. The second-order valence-corrected chi connectivity index (χ2v) is 8.45. The van der Waals surface area contributed by atoms with Crippen molar-refractivity contribution in [3.63, 3.8) is 0 Å². The van der Waals surface area contributed by atoms with Crippen LogP contribution in [0.25, 0.3) is 11.3 Å². The van der Waals surface area contributed by atoms with E-state index in [1.165, 1.54) is 19.1 Å². The Kier molecular flexibility index (Phi) is 5.65. The highest BCUT2D eigenvalue weighted by Gasteiger charge is 2.32. The SMILES string of the molecule is Cc1cc(-c2cnc(C3CCN(C(=O)OC(C)(C)C)CC3)[nH]2)ccc1C(F)(F)F. The first-order valence-electron chi connectivity index (χ1n) is 9.65. The highest BCUT2D eigenvalue weighted by Crippen LogP contribution is 2.34. The summed E-state index contributed by atoms with van der Waals surface area (Å²) < 4.78 is 44.3. The van der Waals surface area contributed by atoms with Gasteiger partial charge in [0.25, 0.3) is 0 Å². The van der Waals surface area contributed by atoms with Crippen LogP contribution in [0, 0.1) is 6.92 Å². The molecule has 29 heavy (non-hydrogen) atoms. The molecule has 0 unspecified atom stereocenters. The lowest BCUT2D eigenvalue weighted by Crippen LogP contribution is -2.41. The van der Waals surface area contributed by atoms with Gasteiger partial charge in [-0.3, -0.25) is 0 Å². The van der Waals surface area contributed by atoms with Gasteiger partial charge in [0.15, 0.2) is 0 Å². The smallest absolute Gasteiger partial charge is 0.416 e. The molecule has 1 amide bonds. The minimum Gasteiger partial charge on any atom is -0.444 e. The number of ether oxygens (including phenoxy) is 1. The predicted octanol–water partition coefficient (Wildman–Crippen LogP) is 5.52. The lowest BCUT2D eigenvalue weighted by atomic mass is 9.96. The average Bonchev–Trinajstić information content (AvgIpc) is 3.09. The Balaban J connectivity index is 1.66. The van der Waals surface area contributed by atoms with E-state index < -0.39 is 17.3 Å². The van der Waals surface area contributed by atoms with E-state index in [2.05, 4.69) is 9.97 Å². The summed E-state index contributed by atoms with van der Waals surface area (Å²) in [5.41, 5.74) is 0.378. The zero-order chi connectivity index (χ0) is 21.4. The lowest BCUT2D eigenvalue weighted by molar-refractivity contribution is -0.138. The van der Waals surface area contributed by atoms with E-state index in [-0.39, 0.29) is 17.6 Å². The summed E-state index contributed by atoms with van der Waals surface area (Å²) in [4.78, 5) is 21.5. The maximum absolute atomic E-state index is 13.0. The number of benzene rings is 1. The number of rotatable bonds is 2. The highest BCUT2D eigenvalue weighted by atomic mass is 19.4. The molecule has 1 aromatic carbocycles. The van der Waals surface area contributed by atoms with Crippen molar-refractivity contribution in [3.05, 3.63) is 41.3 Å². The summed E-state index contributed by atoms with van der Waals surface area (Å²) in [6.45, 7) is 8.13. The van der Waals surface area contributed by atoms with Gasteiger partial charge in [-0.2, -0.15) is 13.2 Å². The number of H-pyrrole nitrogens is 1. The van der Waals surface area contributed by atoms with Gasteiger partial charge in [0, 0.05) is 19.0 Å². The standard InChI is InChI=1S/C21H26F3N3O2/c1-13-11-15(5-6-16(13)21(22,23)24)17-12-25-18(26-17)14-7-9-27(10-8-14)19(28)29-20(2,3)4/h5-6,11-12,14H,7-10H2,1-4H3,(H,25,26). The van der Waals surface area contributed by atoms with Crippen LogP contribution in [0.3, 0.4) is 0 Å². The van der Waals surface area contributed by atoms with Crippen molar-refractivity contribution in [2.75, 3.05) is 13.1 Å². The Morgan fingerprint density at radius 1 is 1.21 bits per heavy atom. The van der Waals surface area contributed by atoms with Crippen LogP contribution in [0.2, 0.25) is 0 Å². The van der Waals surface area contributed by atoms with Gasteiger partial charge in [0.2, 0.25) is 0 Å². The molecule has 0 spiro atoms. The number of piperidine rings is 1. The Morgan fingerprint density at radius 3 is 2.41 bits per heavy atom. The normalized spacial score (nSPS) is 16.2. The molecule has 158 valence electrons. The van der Waals surface area contributed by atoms with Crippen molar-refractivity contribution in [1.29, 1.82) is 0 Å². The Labute approximate surface area is 168 Å². The summed E-state index contributed by atoms with van der Waals surface area (Å²) in [6, 6.07) is 4.08. The molecule has 0 aliphatic carbocycles. The van der Waals surface area contributed by atoms with Crippen molar-refractivity contribution in [2.45, 2.75) is 58.2 Å². The third kappa shape index (κ3) is 5.10. The number of imidazole rings is 1. The van der Waals surface area contributed by atoms with E-state index in [1.54, 1.807) is 11.1 Å². The molecule has 2 heterocycles. The van der Waals surface area contributed by atoms with Gasteiger partial charge in [0.1, 0.15) is 11.4 Å². The van der Waals surface area contributed by atoms with Gasteiger partial charge in [-0.25, -0.2) is 9.78 Å². The van der Waals surface area contributed by atoms with Gasteiger partial charge >= 0.3 is 12.3 Å². The van der Waals surface area contributed by atoms with Crippen LogP contribution in [0.4, 0.5) is 18.0 Å². The van der Waals surface area contributed by atoms with Gasteiger partial charge in [0.05, 0.1) is 17.5 Å². The monoisotopic (exact) mass is 409 g/mol. The molecule has 0 radical (unpaired) electrons. The number of aryl methyl sites for hydroxylation is 1. The molecule has 3 rings (SSSR count). The molecule has 1 aliphatic heterocycles. The summed E-state index contributed by atoms with van der Waals surface area (Å²) >= 11 is 0. The third-order valence-corrected chi connectivity index (χ3v) is 4.97. The van der Waals surface area contributed by atoms with E-state index in [1.807, 2.05) is 20.8 Å². The van der Waals surface area contributed by atoms with E-state index >= 15 is 0 Å². The Bertz CT molecular complexity index is 876. The summed E-state index contributed by atoms with van der Waals surface area (Å²) in [6.07, 6.45) is -1.52. The van der Waals surface area contributed by atoms with Crippen molar-refractivity contribution < 1.29 is 22.7 Å². The number of halogens is 3. The number of aromatic nitrogens is 2. The van der Waals surface area contributed by atoms with Crippen LogP contribution in [-0.4, -0.2) is 39.7 Å². The minimum atomic E-state index is -4.36. The van der Waals surface area contributed by atoms with E-state index in [9.17, 15) is 18.0 Å². The molecule has 1 aliphatic rings. The number of nitrogens with one attached hydrogen (secondary N) is 1. The Morgan fingerprint density at radius 2 is 1.86 bits per heavy atom. The number of hydrogen-bond acceptors (Lipinski definition) is 3. The first-order chi connectivity index (χ1) is 13.4. The molecule has 1 N–H and O–H groups in total. The van der Waals surface area contributed by atoms with E-state index in [0.717, 1.165) is 24.7 Å². The first kappa shape index (κ1) is 21.2. The topological polar surface area (TPSA) is 58.2 Å². The second-order valence-electron chi connectivity index (χ2n) is 8.45. The summed E-state index contributed by atoms with van der Waals surface area (Å²) in [7, 11) is 0. The molecule has 1 fully saturated rings. The van der Waals surface area contributed by atoms with Gasteiger partial charge < -0.3 is 14.6 Å². The highest BCUT2D eigenvalue weighted by molar-refractivity contribution is 5.68. The number of amides is 1. The molecular formula is C21H26F3N3O2. The number of hydrogen-bond donors (Lipinski definition) is 1. The number of alkyl halides is 3. The molecule has 1 aromatic heterocycles. The van der Waals surface area contributed by atoms with E-state index in [0.29, 0.717) is 24.3 Å². The largest absolute Gasteiger partial charge is 0.444 e. The third-order valence-electron chi connectivity index (χ3n) is 4.97. The van der Waals surface area contributed by atoms with Crippen molar-refractivity contribution in [3.8, 4) is 11.3 Å². The molecular weight excluding hydrogens is 383 g/mol. The number of carbonyl (C=O) groups excluding carboxylic acids is 1. The van der Waals surface area contributed by atoms with Crippen LogP contribution in [0.15, 0.2) is 24.4 Å². The van der Waals surface area contributed by atoms with Crippen molar-refractivity contribution in [1.82, 2.24) is 14.9 Å². The van der Waals surface area contributed by atoms with Crippen molar-refractivity contribution in [2.24, 2.45) is 0 Å². The van der Waals surface area contributed by atoms with Crippen LogP contribution in [0.1, 0.15) is 56.5 Å². The van der Waals surface area contributed by atoms with Gasteiger partial charge in [-0.1, -0.05) is 6.07 Å². The van der Waals surface area contributed by atoms with Crippen LogP contribution in [0.5, 0.6) is 0 Å². The van der Waals surface area contributed by atoms with Crippen LogP contribution >= 0.6 is 0 Å². The fourth-order valence-corrected chi connectivity index (χ4v) is 3.50. The quantitative estimate of drug-likeness (QED) is 0.711. The molecule has 1 saturated heterocycles. The average molecular weight is 409 g/mol. The zero-order valence-corrected chi connectivity index (χ0v) is 17.1. The predicted molar refractivity (Wildman–Crippen MR) is 104 cm³/mol. The fourth-order valence-electron chi connectivity index (χ4n) is 3.50. The molecule has 0 bridgehead atoms. The summed E-state index contributed by atoms with van der Waals surface area (Å²) in [5, 5.41) is 0. The van der Waals surface area contributed by atoms with E-state index in [4.69, 9.17) is 4.74 Å². The maximum atomic E-state index is 13.0. The van der Waals surface area contributed by atoms with Crippen LogP contribution in [-0.2, 0) is 10.9 Å². The number of carbonyl (C=O) groups is 1. The first-order valence-corrected chi connectivity index (χ1v) is 9.65. The maximum Gasteiger partial charge on any atom is 0.416 e. The number of likely N-dealkylation sites (tertiary alicyclic amines) is 1. The summed E-state index contributed by atoms with van der Waals surface area (Å²) in [5.74, 6) is 0.958. The van der Waals surface area contributed by atoms with Crippen LogP contribution < -0.4 is 0 Å². The molecule has 0 saturated carbocycles. The molecule has 0 atom stereocenters. The van der Waals surface area contributed by atoms with Gasteiger partial charge in [-0.05, 0) is 63.8 Å². The van der Waals surface area contributed by atoms with Gasteiger partial charge in [-0.15, -0.1) is 0 Å². The second kappa shape index (κ2) is 7.72. The minimum absolute atomic E-state index is 0.165. The fraction of sp³-hybridized carbons (Fsp3) is 0.524. The number of nitrogens with zero attached hydrogens (tertiary/aromatic N) is 2. The molecule has 2 aromatic rings. The molecule has 5 nitrogen and oxygen atoms in total. The lowest BCUT2D eigenvalue weighted by Gasteiger charge is -2.32. The molecule has 8 heteroatoms. The zero-order valence-electron chi connectivity index (χ0n) is 17.1. The Hall–Kier alpha value is -2.51.